The monoisotopic (exact) mass is 159 g/mol. The smallest absolute Gasteiger partial charge is 0.298 e. The molecule has 0 saturated heterocycles. The summed E-state index contributed by atoms with van der Waals surface area (Å²) in [5.74, 6) is -0.382. The standard InChI is InChI=1S/C3H5N5OS/c4-3-5-1(6-7-3)2(9)8-10/h10H,(H,8,9)(H3,4,5,6,7). The van der Waals surface area contributed by atoms with Crippen LogP contribution >= 0.6 is 12.8 Å². The van der Waals surface area contributed by atoms with Crippen molar-refractivity contribution < 1.29 is 4.79 Å². The van der Waals surface area contributed by atoms with Crippen LogP contribution in [0.2, 0.25) is 0 Å². The Balaban J connectivity index is 2.85. The normalized spacial score (nSPS) is 9.30. The van der Waals surface area contributed by atoms with E-state index in [4.69, 9.17) is 5.73 Å². The molecule has 0 fully saturated rings. The first-order valence-electron chi connectivity index (χ1n) is 2.36. The average molecular weight is 159 g/mol. The van der Waals surface area contributed by atoms with Crippen molar-refractivity contribution in [3.8, 4) is 0 Å². The van der Waals surface area contributed by atoms with Crippen molar-refractivity contribution in [2.75, 3.05) is 5.73 Å². The highest BCUT2D eigenvalue weighted by atomic mass is 32.1. The van der Waals surface area contributed by atoms with Gasteiger partial charge in [-0.2, -0.15) is 4.98 Å². The van der Waals surface area contributed by atoms with Gasteiger partial charge in [-0.25, -0.2) is 0 Å². The van der Waals surface area contributed by atoms with Gasteiger partial charge in [0.1, 0.15) is 0 Å². The van der Waals surface area contributed by atoms with Gasteiger partial charge >= 0.3 is 0 Å². The van der Waals surface area contributed by atoms with Crippen molar-refractivity contribution in [2.45, 2.75) is 0 Å². The maximum absolute atomic E-state index is 10.6. The molecule has 0 atom stereocenters. The van der Waals surface area contributed by atoms with Gasteiger partial charge in [-0.15, -0.1) is 5.10 Å². The van der Waals surface area contributed by atoms with Gasteiger partial charge in [-0.1, -0.05) is 12.8 Å². The second-order valence-electron chi connectivity index (χ2n) is 1.48. The summed E-state index contributed by atoms with van der Waals surface area (Å²) in [5.41, 5.74) is 5.11. The molecular weight excluding hydrogens is 154 g/mol. The van der Waals surface area contributed by atoms with Crippen molar-refractivity contribution in [2.24, 2.45) is 0 Å². The lowest BCUT2D eigenvalue weighted by atomic mass is 10.6. The van der Waals surface area contributed by atoms with Crippen LogP contribution < -0.4 is 10.5 Å². The minimum atomic E-state index is -0.465. The van der Waals surface area contributed by atoms with Crippen molar-refractivity contribution in [1.82, 2.24) is 19.9 Å². The first-order chi connectivity index (χ1) is 4.74. The van der Waals surface area contributed by atoms with Crippen LogP contribution in [-0.4, -0.2) is 21.1 Å². The third-order valence-electron chi connectivity index (χ3n) is 0.819. The van der Waals surface area contributed by atoms with E-state index >= 15 is 0 Å². The molecule has 1 heterocycles. The summed E-state index contributed by atoms with van der Waals surface area (Å²) in [5, 5.41) is 5.74. The Labute approximate surface area is 61.8 Å². The number of nitrogen functional groups attached to an aromatic ring is 1. The molecule has 0 spiro atoms. The number of hydrogen-bond acceptors (Lipinski definition) is 5. The van der Waals surface area contributed by atoms with E-state index in [2.05, 4.69) is 32.7 Å². The predicted octanol–water partition coefficient (Wildman–Crippen LogP) is -1.04. The van der Waals surface area contributed by atoms with Crippen molar-refractivity contribution in [3.63, 3.8) is 0 Å². The fourth-order valence-corrected chi connectivity index (χ4v) is 0.535. The van der Waals surface area contributed by atoms with E-state index in [0.29, 0.717) is 0 Å². The van der Waals surface area contributed by atoms with E-state index in [-0.39, 0.29) is 11.8 Å². The Hall–Kier alpha value is -1.24. The summed E-state index contributed by atoms with van der Waals surface area (Å²) in [6, 6.07) is 0. The molecule has 0 aliphatic rings. The molecule has 1 aromatic heterocycles. The molecule has 0 aliphatic heterocycles. The van der Waals surface area contributed by atoms with Crippen LogP contribution in [0.1, 0.15) is 10.6 Å². The van der Waals surface area contributed by atoms with Gasteiger partial charge in [-0.3, -0.25) is 14.6 Å². The Kier molecular flexibility index (Phi) is 1.76. The number of aromatic nitrogens is 3. The zero-order valence-corrected chi connectivity index (χ0v) is 5.72. The quantitative estimate of drug-likeness (QED) is 0.393. The van der Waals surface area contributed by atoms with Gasteiger partial charge in [0.15, 0.2) is 0 Å². The van der Waals surface area contributed by atoms with E-state index in [1.165, 1.54) is 0 Å². The van der Waals surface area contributed by atoms with Gasteiger partial charge in [0.05, 0.1) is 0 Å². The van der Waals surface area contributed by atoms with Gasteiger partial charge in [0.2, 0.25) is 11.8 Å². The van der Waals surface area contributed by atoms with E-state index in [1.54, 1.807) is 0 Å². The van der Waals surface area contributed by atoms with E-state index in [1.807, 2.05) is 0 Å². The topological polar surface area (TPSA) is 96.7 Å². The van der Waals surface area contributed by atoms with Gasteiger partial charge < -0.3 is 5.73 Å². The molecule has 6 nitrogen and oxygen atoms in total. The lowest BCUT2D eigenvalue weighted by Gasteiger charge is -1.87. The highest BCUT2D eigenvalue weighted by molar-refractivity contribution is 7.78. The van der Waals surface area contributed by atoms with Gasteiger partial charge in [0, 0.05) is 0 Å². The molecule has 7 heteroatoms. The molecule has 4 N–H and O–H groups in total. The summed E-state index contributed by atoms with van der Waals surface area (Å²) in [6.45, 7) is 0. The second kappa shape index (κ2) is 2.56. The Morgan fingerprint density at radius 3 is 2.90 bits per heavy atom. The summed E-state index contributed by atoms with van der Waals surface area (Å²) in [6.07, 6.45) is 0. The number of carbonyl (C=O) groups is 1. The minimum absolute atomic E-state index is 0.0342. The number of anilines is 1. The number of carbonyl (C=O) groups excluding carboxylic acids is 1. The zero-order valence-electron chi connectivity index (χ0n) is 4.83. The number of H-pyrrole nitrogens is 1. The highest BCUT2D eigenvalue weighted by Crippen LogP contribution is 1.91. The second-order valence-corrected chi connectivity index (χ2v) is 1.71. The molecule has 1 rings (SSSR count). The van der Waals surface area contributed by atoms with E-state index in [9.17, 15) is 4.79 Å². The van der Waals surface area contributed by atoms with Crippen molar-refractivity contribution in [1.29, 1.82) is 0 Å². The van der Waals surface area contributed by atoms with Crippen LogP contribution in [0.15, 0.2) is 0 Å². The summed E-state index contributed by atoms with van der Waals surface area (Å²) >= 11 is 3.51. The Bertz CT molecular complexity index is 245. The summed E-state index contributed by atoms with van der Waals surface area (Å²) in [7, 11) is 0. The Morgan fingerprint density at radius 2 is 2.50 bits per heavy atom. The zero-order chi connectivity index (χ0) is 7.56. The molecule has 0 bridgehead atoms. The molecule has 0 unspecified atom stereocenters. The van der Waals surface area contributed by atoms with Crippen molar-refractivity contribution in [3.05, 3.63) is 5.82 Å². The lowest BCUT2D eigenvalue weighted by molar-refractivity contribution is 0.0975. The number of nitrogens with zero attached hydrogens (tertiary/aromatic N) is 2. The van der Waals surface area contributed by atoms with Gasteiger partial charge in [0.25, 0.3) is 5.91 Å². The van der Waals surface area contributed by atoms with Crippen LogP contribution in [-0.2, 0) is 0 Å². The summed E-state index contributed by atoms with van der Waals surface area (Å²) < 4.78 is 2.06. The number of amides is 1. The number of rotatable bonds is 1. The molecule has 0 aromatic carbocycles. The maximum Gasteiger partial charge on any atom is 0.298 e. The highest BCUT2D eigenvalue weighted by Gasteiger charge is 2.06. The molecular formula is C3H5N5OS. The molecule has 1 amide bonds. The van der Waals surface area contributed by atoms with Crippen LogP contribution in [0.25, 0.3) is 0 Å². The SMILES string of the molecule is Nc1n[nH]c(C(=O)NS)n1. The van der Waals surface area contributed by atoms with Crippen molar-refractivity contribution >= 4 is 24.7 Å². The van der Waals surface area contributed by atoms with Gasteiger partial charge in [-0.05, 0) is 0 Å². The van der Waals surface area contributed by atoms with Crippen LogP contribution in [0.3, 0.4) is 0 Å². The maximum atomic E-state index is 10.6. The fourth-order valence-electron chi connectivity index (χ4n) is 0.429. The predicted molar refractivity (Wildman–Crippen MR) is 37.2 cm³/mol. The lowest BCUT2D eigenvalue weighted by Crippen LogP contribution is -2.14. The average Bonchev–Trinajstić information content (AvgIpc) is 2.34. The largest absolute Gasteiger partial charge is 0.366 e. The molecule has 0 saturated carbocycles. The molecule has 0 radical (unpaired) electrons. The first kappa shape index (κ1) is 6.87. The third-order valence-corrected chi connectivity index (χ3v) is 1.02. The Morgan fingerprint density at radius 1 is 1.80 bits per heavy atom. The number of nitrogens with one attached hydrogen (secondary N) is 2. The van der Waals surface area contributed by atoms with E-state index in [0.717, 1.165) is 0 Å². The number of nitrogens with two attached hydrogens (primary N) is 1. The molecule has 10 heavy (non-hydrogen) atoms. The third kappa shape index (κ3) is 1.18. The molecule has 1 aromatic rings. The number of aromatic amines is 1. The van der Waals surface area contributed by atoms with Crippen LogP contribution in [0.5, 0.6) is 0 Å². The summed E-state index contributed by atoms with van der Waals surface area (Å²) in [4.78, 5) is 14.2. The number of thiol groups is 1. The fraction of sp³-hybridized carbons (Fsp3) is 0. The number of hydrogen-bond donors (Lipinski definition) is 4. The van der Waals surface area contributed by atoms with Crippen LogP contribution in [0, 0.1) is 0 Å². The van der Waals surface area contributed by atoms with Crippen LogP contribution in [0.4, 0.5) is 5.95 Å². The first-order valence-corrected chi connectivity index (χ1v) is 2.81. The van der Waals surface area contributed by atoms with E-state index < -0.39 is 5.91 Å². The minimum Gasteiger partial charge on any atom is -0.366 e. The molecule has 54 valence electrons. The molecule has 0 aliphatic carbocycles.